The van der Waals surface area contributed by atoms with Crippen LogP contribution in [0, 0.1) is 0 Å². The van der Waals surface area contributed by atoms with Crippen LogP contribution in [0.15, 0.2) is 68.8 Å². The van der Waals surface area contributed by atoms with Crippen molar-refractivity contribution in [3.8, 4) is 11.5 Å². The summed E-state index contributed by atoms with van der Waals surface area (Å²) in [6, 6.07) is 13.3. The van der Waals surface area contributed by atoms with Crippen LogP contribution in [0.3, 0.4) is 0 Å². The lowest BCUT2D eigenvalue weighted by Crippen LogP contribution is -2.21. The fourth-order valence-corrected chi connectivity index (χ4v) is 3.06. The van der Waals surface area contributed by atoms with E-state index in [1.54, 1.807) is 42.5 Å². The maximum absolute atomic E-state index is 12.5. The Morgan fingerprint density at radius 3 is 2.62 bits per heavy atom. The second-order valence-corrected chi connectivity index (χ2v) is 6.76. The van der Waals surface area contributed by atoms with Crippen molar-refractivity contribution in [1.29, 1.82) is 0 Å². The molecule has 9 heteroatoms. The lowest BCUT2D eigenvalue weighted by molar-refractivity contribution is 0.0956. The van der Waals surface area contributed by atoms with E-state index in [1.165, 1.54) is 18.5 Å². The Morgan fingerprint density at radius 2 is 1.83 bits per heavy atom. The highest BCUT2D eigenvalue weighted by molar-refractivity contribution is 9.10. The van der Waals surface area contributed by atoms with Gasteiger partial charge in [-0.15, -0.1) is 0 Å². The molecule has 1 aliphatic rings. The van der Waals surface area contributed by atoms with Crippen LogP contribution in [0.5, 0.6) is 11.5 Å². The van der Waals surface area contributed by atoms with E-state index in [2.05, 4.69) is 31.8 Å². The largest absolute Gasteiger partial charge is 0.459 e. The van der Waals surface area contributed by atoms with Gasteiger partial charge in [0.15, 0.2) is 17.3 Å². The first-order chi connectivity index (χ1) is 14.1. The van der Waals surface area contributed by atoms with E-state index in [-0.39, 0.29) is 18.1 Å². The molecule has 4 rings (SSSR count). The van der Waals surface area contributed by atoms with Crippen LogP contribution in [0.25, 0.3) is 0 Å². The van der Waals surface area contributed by atoms with Crippen molar-refractivity contribution >= 4 is 39.6 Å². The number of ether oxygens (including phenoxy) is 2. The van der Waals surface area contributed by atoms with Gasteiger partial charge in [0.1, 0.15) is 0 Å². The van der Waals surface area contributed by atoms with Gasteiger partial charge >= 0.3 is 0 Å². The number of carbonyl (C=O) groups excluding carboxylic acids is 2. The number of anilines is 1. The standard InChI is InChI=1S/C20H14BrN3O5/c21-14-9-18-17(28-11-29-18)8-12(14)10-22-24-19(25)13-4-1-2-5-15(13)23-20(26)16-6-3-7-27-16/h1-10H,11H2,(H,23,26)(H,24,25)/b22-10+. The van der Waals surface area contributed by atoms with E-state index in [4.69, 9.17) is 13.9 Å². The van der Waals surface area contributed by atoms with Crippen LogP contribution >= 0.6 is 15.9 Å². The lowest BCUT2D eigenvalue weighted by Gasteiger charge is -2.09. The second kappa shape index (κ2) is 8.19. The summed E-state index contributed by atoms with van der Waals surface area (Å²) in [5.41, 5.74) is 3.75. The maximum atomic E-state index is 12.5. The van der Waals surface area contributed by atoms with Crippen LogP contribution in [-0.4, -0.2) is 24.8 Å². The minimum Gasteiger partial charge on any atom is -0.459 e. The van der Waals surface area contributed by atoms with Gasteiger partial charge in [0.2, 0.25) is 6.79 Å². The number of amides is 2. The van der Waals surface area contributed by atoms with Crippen molar-refractivity contribution in [2.24, 2.45) is 5.10 Å². The predicted octanol–water partition coefficient (Wildman–Crippen LogP) is 3.79. The topological polar surface area (TPSA) is 102 Å². The summed E-state index contributed by atoms with van der Waals surface area (Å²) in [6.45, 7) is 0.166. The van der Waals surface area contributed by atoms with E-state index in [9.17, 15) is 9.59 Å². The highest BCUT2D eigenvalue weighted by atomic mass is 79.9. The third-order valence-corrected chi connectivity index (χ3v) is 4.71. The van der Waals surface area contributed by atoms with Crippen LogP contribution in [-0.2, 0) is 0 Å². The molecule has 1 aliphatic heterocycles. The molecule has 2 heterocycles. The molecule has 1 aromatic heterocycles. The first kappa shape index (κ1) is 18.8. The molecule has 0 saturated heterocycles. The molecule has 3 aromatic rings. The fraction of sp³-hybridized carbons (Fsp3) is 0.0500. The zero-order chi connectivity index (χ0) is 20.2. The quantitative estimate of drug-likeness (QED) is 0.450. The Morgan fingerprint density at radius 1 is 1.03 bits per heavy atom. The molecule has 0 atom stereocenters. The van der Waals surface area contributed by atoms with Crippen LogP contribution in [0.1, 0.15) is 26.5 Å². The van der Waals surface area contributed by atoms with Crippen LogP contribution in [0.2, 0.25) is 0 Å². The number of nitrogens with one attached hydrogen (secondary N) is 2. The molecule has 0 radical (unpaired) electrons. The number of hydrazone groups is 1. The summed E-state index contributed by atoms with van der Waals surface area (Å²) in [5, 5.41) is 6.65. The van der Waals surface area contributed by atoms with Gasteiger partial charge in [-0.25, -0.2) is 5.43 Å². The molecule has 0 unspecified atom stereocenters. The van der Waals surface area contributed by atoms with Crippen molar-refractivity contribution in [3.05, 3.63) is 76.2 Å². The van der Waals surface area contributed by atoms with Crippen LogP contribution in [0.4, 0.5) is 5.69 Å². The Bertz CT molecular complexity index is 1100. The zero-order valence-electron chi connectivity index (χ0n) is 14.8. The lowest BCUT2D eigenvalue weighted by atomic mass is 10.1. The van der Waals surface area contributed by atoms with Gasteiger partial charge in [0, 0.05) is 10.0 Å². The van der Waals surface area contributed by atoms with E-state index in [0.717, 1.165) is 4.47 Å². The highest BCUT2D eigenvalue weighted by Crippen LogP contribution is 2.36. The third kappa shape index (κ3) is 4.14. The molecule has 29 heavy (non-hydrogen) atoms. The van der Waals surface area contributed by atoms with Crippen LogP contribution < -0.4 is 20.2 Å². The van der Waals surface area contributed by atoms with Crippen molar-refractivity contribution in [2.45, 2.75) is 0 Å². The minimum absolute atomic E-state index is 0.144. The summed E-state index contributed by atoms with van der Waals surface area (Å²) in [6.07, 6.45) is 2.88. The van der Waals surface area contributed by atoms with Crippen molar-refractivity contribution in [1.82, 2.24) is 5.43 Å². The average molecular weight is 456 g/mol. The number of furan rings is 1. The van der Waals surface area contributed by atoms with Crippen molar-refractivity contribution < 1.29 is 23.5 Å². The number of hydrogen-bond acceptors (Lipinski definition) is 6. The molecule has 0 spiro atoms. The number of halogens is 1. The number of nitrogens with zero attached hydrogens (tertiary/aromatic N) is 1. The van der Waals surface area contributed by atoms with E-state index in [0.29, 0.717) is 22.7 Å². The Kier molecular flexibility index (Phi) is 5.30. The molecular weight excluding hydrogens is 442 g/mol. The molecule has 0 aliphatic carbocycles. The van der Waals surface area contributed by atoms with Gasteiger partial charge < -0.3 is 19.2 Å². The number of rotatable bonds is 5. The van der Waals surface area contributed by atoms with Gasteiger partial charge in [0.25, 0.3) is 11.8 Å². The predicted molar refractivity (Wildman–Crippen MR) is 108 cm³/mol. The molecule has 0 bridgehead atoms. The molecule has 146 valence electrons. The van der Waals surface area contributed by atoms with Gasteiger partial charge in [0.05, 0.1) is 23.7 Å². The first-order valence-corrected chi connectivity index (χ1v) is 9.27. The molecule has 0 saturated carbocycles. The van der Waals surface area contributed by atoms with Crippen molar-refractivity contribution in [2.75, 3.05) is 12.1 Å². The number of fused-ring (bicyclic) bond motifs is 1. The van der Waals surface area contributed by atoms with Gasteiger partial charge in [-0.2, -0.15) is 5.10 Å². The summed E-state index contributed by atoms with van der Waals surface area (Å²) >= 11 is 3.42. The SMILES string of the molecule is O=C(Nc1ccccc1C(=O)N/N=C/c1cc2c(cc1Br)OCO2)c1ccco1. The molecule has 8 nitrogen and oxygen atoms in total. The Hall–Kier alpha value is -3.59. The second-order valence-electron chi connectivity index (χ2n) is 5.90. The summed E-state index contributed by atoms with van der Waals surface area (Å²) < 4.78 is 16.4. The minimum atomic E-state index is -0.478. The average Bonchev–Trinajstić information content (AvgIpc) is 3.40. The van der Waals surface area contributed by atoms with Gasteiger partial charge in [-0.1, -0.05) is 12.1 Å². The highest BCUT2D eigenvalue weighted by Gasteiger charge is 2.17. The monoisotopic (exact) mass is 455 g/mol. The molecule has 0 fully saturated rings. The van der Waals surface area contributed by atoms with Gasteiger partial charge in [-0.3, -0.25) is 9.59 Å². The number of carbonyl (C=O) groups is 2. The molecule has 2 N–H and O–H groups in total. The summed E-state index contributed by atoms with van der Waals surface area (Å²) in [7, 11) is 0. The summed E-state index contributed by atoms with van der Waals surface area (Å²) in [5.74, 6) is 0.452. The van der Waals surface area contributed by atoms with Crippen molar-refractivity contribution in [3.63, 3.8) is 0 Å². The third-order valence-electron chi connectivity index (χ3n) is 4.03. The maximum Gasteiger partial charge on any atom is 0.291 e. The number of hydrogen-bond donors (Lipinski definition) is 2. The molecule has 2 amide bonds. The number of benzene rings is 2. The molecular formula is C20H14BrN3O5. The molecule has 2 aromatic carbocycles. The van der Waals surface area contributed by atoms with Gasteiger partial charge in [-0.05, 0) is 52.3 Å². The first-order valence-electron chi connectivity index (χ1n) is 8.48. The zero-order valence-corrected chi connectivity index (χ0v) is 16.4. The normalized spacial score (nSPS) is 12.2. The Balaban J connectivity index is 1.47. The van der Waals surface area contributed by atoms with E-state index >= 15 is 0 Å². The Labute approximate surface area is 173 Å². The van der Waals surface area contributed by atoms with E-state index in [1.807, 2.05) is 0 Å². The fourth-order valence-electron chi connectivity index (χ4n) is 2.63. The smallest absolute Gasteiger partial charge is 0.291 e. The summed E-state index contributed by atoms with van der Waals surface area (Å²) in [4.78, 5) is 24.7. The van der Waals surface area contributed by atoms with E-state index < -0.39 is 11.8 Å². The number of para-hydroxylation sites is 1.